The van der Waals surface area contributed by atoms with Gasteiger partial charge in [0, 0.05) is 6.54 Å². The van der Waals surface area contributed by atoms with Gasteiger partial charge in [-0.25, -0.2) is 19.3 Å². The van der Waals surface area contributed by atoms with Crippen LogP contribution in [0.4, 0.5) is 10.2 Å². The summed E-state index contributed by atoms with van der Waals surface area (Å²) in [4.78, 5) is 14.8. The van der Waals surface area contributed by atoms with Gasteiger partial charge < -0.3 is 20.5 Å². The number of phenolic OH excluding ortho intramolecular Hbond substituents is 2. The number of imidazole rings is 1. The predicted octanol–water partition coefficient (Wildman–Crippen LogP) is 1.52. The van der Waals surface area contributed by atoms with E-state index in [1.54, 1.807) is 0 Å². The average molecular weight is 275 g/mol. The molecule has 1 aromatic carbocycles. The molecule has 0 fully saturated rings. The fourth-order valence-corrected chi connectivity index (χ4v) is 1.84. The van der Waals surface area contributed by atoms with E-state index in [0.29, 0.717) is 17.0 Å². The fraction of sp³-hybridized carbons (Fsp3) is 0.0833. The number of hydrogen-bond donors (Lipinski definition) is 4. The zero-order valence-electron chi connectivity index (χ0n) is 10.1. The van der Waals surface area contributed by atoms with Crippen LogP contribution in [-0.2, 0) is 6.54 Å². The minimum Gasteiger partial charge on any atom is -0.507 e. The summed E-state index contributed by atoms with van der Waals surface area (Å²) in [5.74, 6) is -1.15. The van der Waals surface area contributed by atoms with E-state index in [0.717, 1.165) is 6.07 Å². The molecule has 0 atom stereocenters. The topological polar surface area (TPSA) is 107 Å². The summed E-state index contributed by atoms with van der Waals surface area (Å²) in [5.41, 5.74) is 1.12. The molecule has 0 bridgehead atoms. The molecule has 0 radical (unpaired) electrons. The average Bonchev–Trinajstić information content (AvgIpc) is 2.92. The highest BCUT2D eigenvalue weighted by atomic mass is 19.1. The van der Waals surface area contributed by atoms with E-state index in [9.17, 15) is 14.6 Å². The highest BCUT2D eigenvalue weighted by Gasteiger charge is 2.13. The number of hydrogen-bond acceptors (Lipinski definition) is 6. The molecule has 0 aliphatic heterocycles. The first-order valence-corrected chi connectivity index (χ1v) is 5.74. The van der Waals surface area contributed by atoms with Gasteiger partial charge in [0.2, 0.25) is 0 Å². The molecule has 7 nitrogen and oxygen atoms in total. The van der Waals surface area contributed by atoms with Crippen molar-refractivity contribution in [2.75, 3.05) is 5.32 Å². The van der Waals surface area contributed by atoms with Crippen molar-refractivity contribution in [2.45, 2.75) is 6.54 Å². The third kappa shape index (κ3) is 1.96. The van der Waals surface area contributed by atoms with E-state index in [4.69, 9.17) is 0 Å². The van der Waals surface area contributed by atoms with Gasteiger partial charge in [-0.2, -0.15) is 0 Å². The van der Waals surface area contributed by atoms with Gasteiger partial charge in [-0.15, -0.1) is 0 Å². The summed E-state index contributed by atoms with van der Waals surface area (Å²) >= 11 is 0. The molecule has 0 amide bonds. The number of aromatic amines is 1. The van der Waals surface area contributed by atoms with Gasteiger partial charge in [0.05, 0.1) is 11.9 Å². The lowest BCUT2D eigenvalue weighted by molar-refractivity contribution is 0.410. The van der Waals surface area contributed by atoms with Crippen molar-refractivity contribution in [1.29, 1.82) is 0 Å². The summed E-state index contributed by atoms with van der Waals surface area (Å²) in [5, 5.41) is 22.1. The Morgan fingerprint density at radius 3 is 2.90 bits per heavy atom. The number of aromatic hydroxyl groups is 2. The summed E-state index contributed by atoms with van der Waals surface area (Å²) < 4.78 is 13.3. The number of fused-ring (bicyclic) bond motifs is 1. The van der Waals surface area contributed by atoms with Crippen LogP contribution >= 0.6 is 0 Å². The van der Waals surface area contributed by atoms with Crippen LogP contribution < -0.4 is 5.32 Å². The number of anilines is 1. The lowest BCUT2D eigenvalue weighted by Crippen LogP contribution is -2.03. The number of halogens is 1. The van der Waals surface area contributed by atoms with Crippen LogP contribution in [0.25, 0.3) is 11.2 Å². The smallest absolute Gasteiger partial charge is 0.182 e. The van der Waals surface area contributed by atoms with E-state index in [-0.39, 0.29) is 17.9 Å². The van der Waals surface area contributed by atoms with E-state index in [1.165, 1.54) is 18.7 Å². The second-order valence-corrected chi connectivity index (χ2v) is 4.07. The Balaban J connectivity index is 1.90. The standard InChI is InChI=1S/C12H10FN5O2/c13-7-1-2-8(19)6(10(7)20)3-14-11-9-12(16-4-15-9)18-5-17-11/h1-2,4-5,19-20H,3H2,(H2,14,15,16,17,18). The molecule has 2 heterocycles. The molecule has 20 heavy (non-hydrogen) atoms. The van der Waals surface area contributed by atoms with Crippen LogP contribution in [0, 0.1) is 5.82 Å². The van der Waals surface area contributed by atoms with Crippen molar-refractivity contribution in [2.24, 2.45) is 0 Å². The normalized spacial score (nSPS) is 10.8. The van der Waals surface area contributed by atoms with Gasteiger partial charge in [-0.05, 0) is 12.1 Å². The minimum absolute atomic E-state index is 0.000556. The molecular weight excluding hydrogens is 265 g/mol. The predicted molar refractivity (Wildman–Crippen MR) is 68.7 cm³/mol. The molecule has 2 aromatic heterocycles. The quantitative estimate of drug-likeness (QED) is 0.577. The van der Waals surface area contributed by atoms with Crippen LogP contribution in [0.2, 0.25) is 0 Å². The summed E-state index contributed by atoms with van der Waals surface area (Å²) in [6.45, 7) is 0.000556. The zero-order valence-corrected chi connectivity index (χ0v) is 10.1. The third-order valence-electron chi connectivity index (χ3n) is 2.86. The Labute approximate surface area is 112 Å². The van der Waals surface area contributed by atoms with Gasteiger partial charge in [0.1, 0.15) is 17.6 Å². The van der Waals surface area contributed by atoms with Crippen LogP contribution in [0.5, 0.6) is 11.5 Å². The Bertz CT molecular complexity index is 774. The highest BCUT2D eigenvalue weighted by molar-refractivity contribution is 5.81. The van der Waals surface area contributed by atoms with Gasteiger partial charge >= 0.3 is 0 Å². The van der Waals surface area contributed by atoms with Gasteiger partial charge in [-0.1, -0.05) is 0 Å². The van der Waals surface area contributed by atoms with E-state index in [2.05, 4.69) is 25.3 Å². The highest BCUT2D eigenvalue weighted by Crippen LogP contribution is 2.30. The summed E-state index contributed by atoms with van der Waals surface area (Å²) in [6.07, 6.45) is 2.80. The maximum Gasteiger partial charge on any atom is 0.182 e. The number of H-pyrrole nitrogens is 1. The van der Waals surface area contributed by atoms with E-state index in [1.807, 2.05) is 0 Å². The van der Waals surface area contributed by atoms with Crippen molar-refractivity contribution in [3.63, 3.8) is 0 Å². The monoisotopic (exact) mass is 275 g/mol. The number of benzene rings is 1. The first-order valence-electron chi connectivity index (χ1n) is 5.74. The first-order chi connectivity index (χ1) is 9.66. The van der Waals surface area contributed by atoms with Gasteiger partial charge in [0.25, 0.3) is 0 Å². The Hall–Kier alpha value is -2.90. The van der Waals surface area contributed by atoms with Crippen molar-refractivity contribution in [1.82, 2.24) is 19.9 Å². The lowest BCUT2D eigenvalue weighted by atomic mass is 10.1. The maximum atomic E-state index is 13.3. The van der Waals surface area contributed by atoms with E-state index < -0.39 is 11.6 Å². The van der Waals surface area contributed by atoms with Crippen LogP contribution in [0.3, 0.4) is 0 Å². The third-order valence-corrected chi connectivity index (χ3v) is 2.86. The van der Waals surface area contributed by atoms with Crippen LogP contribution in [0.1, 0.15) is 5.56 Å². The SMILES string of the molecule is Oc1ccc(F)c(O)c1CNc1ncnc2nc[nH]c12. The maximum absolute atomic E-state index is 13.3. The second-order valence-electron chi connectivity index (χ2n) is 4.07. The van der Waals surface area contributed by atoms with Crippen molar-refractivity contribution >= 4 is 17.0 Å². The molecule has 102 valence electrons. The van der Waals surface area contributed by atoms with Crippen LogP contribution in [0.15, 0.2) is 24.8 Å². The molecule has 4 N–H and O–H groups in total. The molecule has 0 saturated carbocycles. The molecule has 8 heteroatoms. The zero-order chi connectivity index (χ0) is 14.1. The van der Waals surface area contributed by atoms with Crippen molar-refractivity contribution < 1.29 is 14.6 Å². The fourth-order valence-electron chi connectivity index (χ4n) is 1.84. The number of rotatable bonds is 3. The van der Waals surface area contributed by atoms with Crippen LogP contribution in [-0.4, -0.2) is 30.1 Å². The molecule has 0 aliphatic rings. The molecule has 0 aliphatic carbocycles. The Morgan fingerprint density at radius 1 is 1.20 bits per heavy atom. The number of nitrogens with zero attached hydrogens (tertiary/aromatic N) is 3. The lowest BCUT2D eigenvalue weighted by Gasteiger charge is -2.10. The number of phenols is 2. The molecule has 0 unspecified atom stereocenters. The largest absolute Gasteiger partial charge is 0.507 e. The minimum atomic E-state index is -0.797. The van der Waals surface area contributed by atoms with E-state index >= 15 is 0 Å². The number of aromatic nitrogens is 4. The molecular formula is C12H10FN5O2. The molecule has 3 rings (SSSR count). The van der Waals surface area contributed by atoms with Gasteiger partial charge in [0.15, 0.2) is 23.0 Å². The molecule has 0 spiro atoms. The molecule has 3 aromatic rings. The van der Waals surface area contributed by atoms with Gasteiger partial charge in [-0.3, -0.25) is 0 Å². The second kappa shape index (κ2) is 4.65. The van der Waals surface area contributed by atoms with Crippen molar-refractivity contribution in [3.05, 3.63) is 36.2 Å². The Morgan fingerprint density at radius 2 is 2.05 bits per heavy atom. The first kappa shape index (κ1) is 12.2. The van der Waals surface area contributed by atoms with Crippen molar-refractivity contribution in [3.8, 4) is 11.5 Å². The number of nitrogens with one attached hydrogen (secondary N) is 2. The Kier molecular flexibility index (Phi) is 2.82. The summed E-state index contributed by atoms with van der Waals surface area (Å²) in [7, 11) is 0. The molecule has 0 saturated heterocycles. The summed E-state index contributed by atoms with van der Waals surface area (Å²) in [6, 6.07) is 2.17.